The van der Waals surface area contributed by atoms with Gasteiger partial charge in [0.1, 0.15) is 6.04 Å². The molecule has 0 fully saturated rings. The van der Waals surface area contributed by atoms with Gasteiger partial charge in [-0.15, -0.1) is 0 Å². The average Bonchev–Trinajstić information content (AvgIpc) is 2.34. The largest absolute Gasteiger partial charge is 0.480 e. The number of hydrogen-bond acceptors (Lipinski definition) is 2. The number of hydrogen-bond donors (Lipinski definition) is 2. The van der Waals surface area contributed by atoms with E-state index in [-0.39, 0.29) is 11.9 Å². The molecule has 1 aliphatic rings. The van der Waals surface area contributed by atoms with Gasteiger partial charge < -0.3 is 15.3 Å². The van der Waals surface area contributed by atoms with Gasteiger partial charge in [-0.05, 0) is 19.3 Å². The summed E-state index contributed by atoms with van der Waals surface area (Å²) >= 11 is 0. The van der Waals surface area contributed by atoms with Crippen LogP contribution in [-0.2, 0) is 4.79 Å². The van der Waals surface area contributed by atoms with Crippen molar-refractivity contribution < 1.29 is 14.7 Å². The summed E-state index contributed by atoms with van der Waals surface area (Å²) in [4.78, 5) is 24.8. The summed E-state index contributed by atoms with van der Waals surface area (Å²) in [6.45, 7) is 6.96. The van der Waals surface area contributed by atoms with Gasteiger partial charge in [0.25, 0.3) is 0 Å². The van der Waals surface area contributed by atoms with Crippen LogP contribution in [0.3, 0.4) is 0 Å². The number of rotatable bonds is 4. The van der Waals surface area contributed by atoms with Crippen LogP contribution in [0.15, 0.2) is 11.6 Å². The van der Waals surface area contributed by atoms with Crippen LogP contribution in [0.4, 0.5) is 4.79 Å². The maximum atomic E-state index is 12.0. The minimum absolute atomic E-state index is 0.0760. The number of aliphatic carboxylic acids is 1. The minimum Gasteiger partial charge on any atom is -0.480 e. The summed E-state index contributed by atoms with van der Waals surface area (Å²) in [5, 5.41) is 11.7. The second-order valence-corrected chi connectivity index (χ2v) is 4.91. The maximum absolute atomic E-state index is 12.0. The molecule has 5 nitrogen and oxygen atoms in total. The molecule has 102 valence electrons. The summed E-state index contributed by atoms with van der Waals surface area (Å²) in [6, 6.07) is -1.09. The van der Waals surface area contributed by atoms with Crippen molar-refractivity contribution in [3.05, 3.63) is 11.6 Å². The lowest BCUT2D eigenvalue weighted by molar-refractivity contribution is -0.140. The molecule has 2 amide bonds. The van der Waals surface area contributed by atoms with Crippen molar-refractivity contribution in [1.29, 1.82) is 0 Å². The smallest absolute Gasteiger partial charge is 0.326 e. The highest BCUT2D eigenvalue weighted by Gasteiger charge is 2.27. The van der Waals surface area contributed by atoms with E-state index in [4.69, 9.17) is 5.11 Å². The SMILES string of the molecule is CCC(C)[C@H](NC(=O)N1CCC=C(C)C1)C(=O)O. The first kappa shape index (κ1) is 14.5. The van der Waals surface area contributed by atoms with Gasteiger partial charge in [-0.25, -0.2) is 9.59 Å². The first-order valence-electron chi connectivity index (χ1n) is 6.39. The van der Waals surface area contributed by atoms with Gasteiger partial charge in [-0.1, -0.05) is 31.9 Å². The molecule has 1 unspecified atom stereocenters. The van der Waals surface area contributed by atoms with Crippen molar-refractivity contribution in [2.45, 2.75) is 39.7 Å². The molecule has 2 N–H and O–H groups in total. The molecule has 1 aliphatic heterocycles. The van der Waals surface area contributed by atoms with E-state index in [0.717, 1.165) is 18.4 Å². The van der Waals surface area contributed by atoms with E-state index in [9.17, 15) is 9.59 Å². The molecule has 0 aromatic carbocycles. The Morgan fingerprint density at radius 1 is 1.56 bits per heavy atom. The molecule has 0 aliphatic carbocycles. The van der Waals surface area contributed by atoms with Gasteiger partial charge in [0.15, 0.2) is 0 Å². The Balaban J connectivity index is 2.61. The predicted molar refractivity (Wildman–Crippen MR) is 69.4 cm³/mol. The summed E-state index contributed by atoms with van der Waals surface area (Å²) < 4.78 is 0. The standard InChI is InChI=1S/C13H22N2O3/c1-4-10(3)11(12(16)17)14-13(18)15-7-5-6-9(2)8-15/h6,10-11H,4-5,7-8H2,1-3H3,(H,14,18)(H,16,17)/t10?,11-/m0/s1. The van der Waals surface area contributed by atoms with Gasteiger partial charge in [0.05, 0.1) is 0 Å². The van der Waals surface area contributed by atoms with E-state index in [0.29, 0.717) is 13.1 Å². The highest BCUT2D eigenvalue weighted by molar-refractivity contribution is 5.83. The summed E-state index contributed by atoms with van der Waals surface area (Å²) in [7, 11) is 0. The van der Waals surface area contributed by atoms with Crippen molar-refractivity contribution in [2.24, 2.45) is 5.92 Å². The summed E-state index contributed by atoms with van der Waals surface area (Å²) in [5.41, 5.74) is 1.15. The van der Waals surface area contributed by atoms with Crippen LogP contribution in [0.5, 0.6) is 0 Å². The van der Waals surface area contributed by atoms with Crippen molar-refractivity contribution in [3.63, 3.8) is 0 Å². The van der Waals surface area contributed by atoms with E-state index in [1.54, 1.807) is 4.90 Å². The predicted octanol–water partition coefficient (Wildman–Crippen LogP) is 1.85. The van der Waals surface area contributed by atoms with E-state index in [1.807, 2.05) is 20.8 Å². The first-order chi connectivity index (χ1) is 8.45. The second-order valence-electron chi connectivity index (χ2n) is 4.91. The fourth-order valence-corrected chi connectivity index (χ4v) is 1.99. The number of amides is 2. The van der Waals surface area contributed by atoms with Gasteiger partial charge in [-0.2, -0.15) is 0 Å². The van der Waals surface area contributed by atoms with Gasteiger partial charge in [0, 0.05) is 13.1 Å². The lowest BCUT2D eigenvalue weighted by Gasteiger charge is -2.29. The number of nitrogens with one attached hydrogen (secondary N) is 1. The second kappa shape index (κ2) is 6.42. The molecule has 0 radical (unpaired) electrons. The Labute approximate surface area is 108 Å². The molecule has 0 saturated carbocycles. The topological polar surface area (TPSA) is 69.6 Å². The third-order valence-corrected chi connectivity index (χ3v) is 3.38. The normalized spacial score (nSPS) is 18.8. The molecule has 18 heavy (non-hydrogen) atoms. The zero-order chi connectivity index (χ0) is 13.7. The number of carbonyl (C=O) groups is 2. The molecule has 0 aromatic rings. The van der Waals surface area contributed by atoms with Crippen molar-refractivity contribution in [3.8, 4) is 0 Å². The Morgan fingerprint density at radius 2 is 2.22 bits per heavy atom. The molecule has 0 bridgehead atoms. The molecule has 2 atom stereocenters. The zero-order valence-corrected chi connectivity index (χ0v) is 11.3. The Bertz CT molecular complexity index is 352. The lowest BCUT2D eigenvalue weighted by atomic mass is 9.99. The van der Waals surface area contributed by atoms with Crippen molar-refractivity contribution in [1.82, 2.24) is 10.2 Å². The summed E-state index contributed by atoms with van der Waals surface area (Å²) in [6.07, 6.45) is 3.66. The molecular weight excluding hydrogens is 232 g/mol. The maximum Gasteiger partial charge on any atom is 0.326 e. The van der Waals surface area contributed by atoms with Crippen LogP contribution >= 0.6 is 0 Å². The number of carboxylic acids is 1. The highest BCUT2D eigenvalue weighted by Crippen LogP contribution is 2.11. The molecule has 1 rings (SSSR count). The number of carboxylic acid groups (broad SMARTS) is 1. The Kier molecular flexibility index (Phi) is 5.19. The monoisotopic (exact) mass is 254 g/mol. The molecule has 0 saturated heterocycles. The van der Waals surface area contributed by atoms with Crippen LogP contribution in [0.25, 0.3) is 0 Å². The molecule has 5 heteroatoms. The third kappa shape index (κ3) is 3.75. The van der Waals surface area contributed by atoms with E-state index >= 15 is 0 Å². The fraction of sp³-hybridized carbons (Fsp3) is 0.692. The average molecular weight is 254 g/mol. The van der Waals surface area contributed by atoms with Gasteiger partial charge in [-0.3, -0.25) is 0 Å². The zero-order valence-electron chi connectivity index (χ0n) is 11.3. The highest BCUT2D eigenvalue weighted by atomic mass is 16.4. The van der Waals surface area contributed by atoms with Crippen molar-refractivity contribution in [2.75, 3.05) is 13.1 Å². The van der Waals surface area contributed by atoms with Crippen LogP contribution in [0.1, 0.15) is 33.6 Å². The third-order valence-electron chi connectivity index (χ3n) is 3.38. The Hall–Kier alpha value is -1.52. The van der Waals surface area contributed by atoms with Crippen LogP contribution in [0, 0.1) is 5.92 Å². The quantitative estimate of drug-likeness (QED) is 0.752. The minimum atomic E-state index is -0.970. The number of nitrogens with zero attached hydrogens (tertiary/aromatic N) is 1. The Morgan fingerprint density at radius 3 is 2.72 bits per heavy atom. The van der Waals surface area contributed by atoms with E-state index in [1.165, 1.54) is 0 Å². The number of urea groups is 1. The summed E-state index contributed by atoms with van der Waals surface area (Å²) in [5.74, 6) is -1.05. The fourth-order valence-electron chi connectivity index (χ4n) is 1.99. The first-order valence-corrected chi connectivity index (χ1v) is 6.39. The molecular formula is C13H22N2O3. The van der Waals surface area contributed by atoms with E-state index < -0.39 is 12.0 Å². The van der Waals surface area contributed by atoms with Crippen LogP contribution in [-0.4, -0.2) is 41.1 Å². The molecule has 0 aromatic heterocycles. The van der Waals surface area contributed by atoms with E-state index in [2.05, 4.69) is 11.4 Å². The van der Waals surface area contributed by atoms with Crippen LogP contribution in [0.2, 0.25) is 0 Å². The number of carbonyl (C=O) groups excluding carboxylic acids is 1. The molecule has 1 heterocycles. The van der Waals surface area contributed by atoms with Gasteiger partial charge >= 0.3 is 12.0 Å². The van der Waals surface area contributed by atoms with Crippen molar-refractivity contribution >= 4 is 12.0 Å². The lowest BCUT2D eigenvalue weighted by Crippen LogP contribution is -2.51. The van der Waals surface area contributed by atoms with Gasteiger partial charge in [0.2, 0.25) is 0 Å². The molecule has 0 spiro atoms. The van der Waals surface area contributed by atoms with Crippen LogP contribution < -0.4 is 5.32 Å².